The molecule has 3 rings (SSSR count). The molecule has 9 heteroatoms. The Morgan fingerprint density at radius 1 is 1.19 bits per heavy atom. The number of carbonyl (C=O) groups is 1. The summed E-state index contributed by atoms with van der Waals surface area (Å²) in [7, 11) is -1.94. The first-order valence-electron chi connectivity index (χ1n) is 10.4. The lowest BCUT2D eigenvalue weighted by Crippen LogP contribution is -2.41. The van der Waals surface area contributed by atoms with Gasteiger partial charge in [0, 0.05) is 24.6 Å². The Morgan fingerprint density at radius 2 is 1.90 bits per heavy atom. The van der Waals surface area contributed by atoms with Crippen molar-refractivity contribution in [3.8, 4) is 11.3 Å². The first-order chi connectivity index (χ1) is 14.6. The number of carbonyl (C=O) groups excluding carboxylic acids is 1. The molecule has 1 amide bonds. The van der Waals surface area contributed by atoms with Gasteiger partial charge in [-0.3, -0.25) is 4.79 Å². The minimum atomic E-state index is -1.94. The zero-order valence-electron chi connectivity index (χ0n) is 18.9. The van der Waals surface area contributed by atoms with Crippen molar-refractivity contribution >= 4 is 14.2 Å². The molecule has 0 aliphatic heterocycles. The summed E-state index contributed by atoms with van der Waals surface area (Å²) in [6.07, 6.45) is 0.137. The maximum absolute atomic E-state index is 12.3. The number of amides is 1. The van der Waals surface area contributed by atoms with Crippen LogP contribution >= 0.6 is 0 Å². The molecule has 0 aliphatic rings. The van der Waals surface area contributed by atoms with E-state index in [2.05, 4.69) is 54.5 Å². The van der Waals surface area contributed by atoms with E-state index in [0.717, 1.165) is 5.56 Å². The van der Waals surface area contributed by atoms with Crippen LogP contribution in [0.5, 0.6) is 0 Å². The van der Waals surface area contributed by atoms with Crippen LogP contribution in [-0.4, -0.2) is 36.1 Å². The molecule has 2 aromatic heterocycles. The van der Waals surface area contributed by atoms with Gasteiger partial charge in [0.15, 0.2) is 19.8 Å². The normalized spacial score (nSPS) is 13.2. The van der Waals surface area contributed by atoms with Crippen LogP contribution in [0.25, 0.3) is 11.3 Å². The van der Waals surface area contributed by atoms with Crippen LogP contribution in [0.1, 0.15) is 56.1 Å². The van der Waals surface area contributed by atoms with Gasteiger partial charge in [-0.05, 0) is 25.1 Å². The van der Waals surface area contributed by atoms with Crippen LogP contribution < -0.4 is 5.32 Å². The molecule has 0 saturated carbocycles. The van der Waals surface area contributed by atoms with Crippen molar-refractivity contribution < 1.29 is 18.2 Å². The Labute approximate surface area is 183 Å². The van der Waals surface area contributed by atoms with Crippen molar-refractivity contribution in [2.75, 3.05) is 6.54 Å². The highest BCUT2D eigenvalue weighted by molar-refractivity contribution is 6.74. The molecule has 0 fully saturated rings. The highest BCUT2D eigenvalue weighted by Gasteiger charge is 2.39. The fraction of sp³-hybridized carbons (Fsp3) is 0.455. The lowest BCUT2D eigenvalue weighted by atomic mass is 10.1. The lowest BCUT2D eigenvalue weighted by Gasteiger charge is -2.37. The number of nitrogens with zero attached hydrogens (tertiary/aromatic N) is 3. The van der Waals surface area contributed by atoms with Gasteiger partial charge in [-0.2, -0.15) is 0 Å². The molecule has 31 heavy (non-hydrogen) atoms. The second-order valence-corrected chi connectivity index (χ2v) is 13.8. The molecular formula is C22H30N4O4Si. The van der Waals surface area contributed by atoms with Crippen LogP contribution in [0.4, 0.5) is 0 Å². The van der Waals surface area contributed by atoms with Crippen LogP contribution in [0, 0.1) is 0 Å². The van der Waals surface area contributed by atoms with Gasteiger partial charge in [0.1, 0.15) is 6.10 Å². The first kappa shape index (κ1) is 22.9. The fourth-order valence-corrected chi connectivity index (χ4v) is 4.03. The zero-order valence-corrected chi connectivity index (χ0v) is 19.9. The zero-order chi connectivity index (χ0) is 22.6. The standard InChI is InChI=1S/C22H30N4O4Si/c1-15(30-31(5,6)22(2,3)4)21-25-24-19(28-21)12-13-23-20(27)17-14-18(29-26-17)16-10-8-7-9-11-16/h7-11,14-15H,12-13H2,1-6H3,(H,23,27). The Balaban J connectivity index is 1.51. The third kappa shape index (κ3) is 5.68. The molecule has 1 atom stereocenters. The second-order valence-electron chi connectivity index (χ2n) is 9.00. The highest BCUT2D eigenvalue weighted by atomic mass is 28.4. The van der Waals surface area contributed by atoms with Gasteiger partial charge in [0.05, 0.1) is 0 Å². The number of hydrogen-bond acceptors (Lipinski definition) is 7. The van der Waals surface area contributed by atoms with Crippen LogP contribution in [0.3, 0.4) is 0 Å². The third-order valence-electron chi connectivity index (χ3n) is 5.53. The molecule has 0 spiro atoms. The Morgan fingerprint density at radius 3 is 2.58 bits per heavy atom. The first-order valence-corrected chi connectivity index (χ1v) is 13.3. The number of aromatic nitrogens is 3. The second kappa shape index (κ2) is 9.15. The molecule has 1 aromatic carbocycles. The monoisotopic (exact) mass is 442 g/mol. The number of rotatable bonds is 8. The summed E-state index contributed by atoms with van der Waals surface area (Å²) < 4.78 is 17.3. The van der Waals surface area contributed by atoms with Gasteiger partial charge >= 0.3 is 0 Å². The molecule has 0 bridgehead atoms. The van der Waals surface area contributed by atoms with E-state index in [0.29, 0.717) is 30.5 Å². The van der Waals surface area contributed by atoms with Gasteiger partial charge in [-0.15, -0.1) is 10.2 Å². The third-order valence-corrected chi connectivity index (χ3v) is 10.1. The number of nitrogens with one attached hydrogen (secondary N) is 1. The Hall–Kier alpha value is -2.78. The van der Waals surface area contributed by atoms with Gasteiger partial charge in [0.25, 0.3) is 5.91 Å². The molecule has 0 radical (unpaired) electrons. The summed E-state index contributed by atoms with van der Waals surface area (Å²) in [4.78, 5) is 12.3. The summed E-state index contributed by atoms with van der Waals surface area (Å²) in [5.41, 5.74) is 1.09. The predicted molar refractivity (Wildman–Crippen MR) is 119 cm³/mol. The molecule has 1 unspecified atom stereocenters. The van der Waals surface area contributed by atoms with E-state index in [9.17, 15) is 4.79 Å². The number of benzene rings is 1. The van der Waals surface area contributed by atoms with E-state index in [-0.39, 0.29) is 22.7 Å². The fourth-order valence-electron chi connectivity index (χ4n) is 2.70. The van der Waals surface area contributed by atoms with Crippen molar-refractivity contribution in [2.24, 2.45) is 0 Å². The molecule has 0 saturated heterocycles. The van der Waals surface area contributed by atoms with Gasteiger partial charge in [0.2, 0.25) is 11.8 Å². The largest absolute Gasteiger partial charge is 0.422 e. The van der Waals surface area contributed by atoms with Crippen LogP contribution in [0.2, 0.25) is 18.1 Å². The van der Waals surface area contributed by atoms with E-state index in [1.54, 1.807) is 6.07 Å². The van der Waals surface area contributed by atoms with Gasteiger partial charge in [-0.25, -0.2) is 0 Å². The maximum Gasteiger partial charge on any atom is 0.273 e. The van der Waals surface area contributed by atoms with Crippen LogP contribution in [0.15, 0.2) is 45.3 Å². The smallest absolute Gasteiger partial charge is 0.273 e. The summed E-state index contributed by atoms with van der Waals surface area (Å²) in [5, 5.41) is 14.9. The molecule has 166 valence electrons. The average molecular weight is 443 g/mol. The summed E-state index contributed by atoms with van der Waals surface area (Å²) in [5.74, 6) is 1.13. The number of hydrogen-bond donors (Lipinski definition) is 1. The Kier molecular flexibility index (Phi) is 6.76. The SMILES string of the molecule is CC(O[Si](C)(C)C(C)(C)C)c1nnc(CCNC(=O)c2cc(-c3ccccc3)on2)o1. The van der Waals surface area contributed by atoms with E-state index in [1.807, 2.05) is 37.3 Å². The summed E-state index contributed by atoms with van der Waals surface area (Å²) >= 11 is 0. The maximum atomic E-state index is 12.3. The van der Waals surface area contributed by atoms with E-state index < -0.39 is 8.32 Å². The Bertz CT molecular complexity index is 1010. The molecule has 0 aliphatic carbocycles. The minimum absolute atomic E-state index is 0.0931. The van der Waals surface area contributed by atoms with Gasteiger partial charge in [-0.1, -0.05) is 56.3 Å². The van der Waals surface area contributed by atoms with Gasteiger partial charge < -0.3 is 18.7 Å². The topological polar surface area (TPSA) is 103 Å². The van der Waals surface area contributed by atoms with Crippen LogP contribution in [-0.2, 0) is 10.8 Å². The molecule has 8 nitrogen and oxygen atoms in total. The summed E-state index contributed by atoms with van der Waals surface area (Å²) in [6.45, 7) is 13.2. The predicted octanol–water partition coefficient (Wildman–Crippen LogP) is 4.78. The lowest BCUT2D eigenvalue weighted by molar-refractivity contribution is 0.0944. The van der Waals surface area contributed by atoms with E-state index in [1.165, 1.54) is 0 Å². The molecule has 2 heterocycles. The van der Waals surface area contributed by atoms with E-state index in [4.69, 9.17) is 13.4 Å². The molecule has 3 aromatic rings. The summed E-state index contributed by atoms with van der Waals surface area (Å²) in [6, 6.07) is 11.1. The highest BCUT2D eigenvalue weighted by Crippen LogP contribution is 2.39. The average Bonchev–Trinajstić information content (AvgIpc) is 3.37. The minimum Gasteiger partial charge on any atom is -0.422 e. The van der Waals surface area contributed by atoms with Crippen molar-refractivity contribution in [3.63, 3.8) is 0 Å². The van der Waals surface area contributed by atoms with Crippen molar-refractivity contribution in [2.45, 2.75) is 58.4 Å². The molecular weight excluding hydrogens is 412 g/mol. The van der Waals surface area contributed by atoms with Crippen molar-refractivity contribution in [1.29, 1.82) is 0 Å². The van der Waals surface area contributed by atoms with Crippen molar-refractivity contribution in [3.05, 3.63) is 53.9 Å². The van der Waals surface area contributed by atoms with Crippen molar-refractivity contribution in [1.82, 2.24) is 20.7 Å². The van der Waals surface area contributed by atoms with E-state index >= 15 is 0 Å². The quantitative estimate of drug-likeness (QED) is 0.501. The molecule has 1 N–H and O–H groups in total.